The summed E-state index contributed by atoms with van der Waals surface area (Å²) in [5, 5.41) is 13.5. The van der Waals surface area contributed by atoms with Crippen LogP contribution in [0.3, 0.4) is 0 Å². The van der Waals surface area contributed by atoms with Crippen LogP contribution in [0.15, 0.2) is 24.3 Å². The van der Waals surface area contributed by atoms with Crippen molar-refractivity contribution in [1.82, 2.24) is 5.32 Å². The summed E-state index contributed by atoms with van der Waals surface area (Å²) in [5.74, 6) is -1.61. The summed E-state index contributed by atoms with van der Waals surface area (Å²) in [6.07, 6.45) is 0. The molecule has 96 valence electrons. The molecule has 0 bridgehead atoms. The maximum Gasteiger partial charge on any atom is 0.313 e. The van der Waals surface area contributed by atoms with Crippen LogP contribution >= 0.6 is 12.2 Å². The molecule has 5 N–H and O–H groups in total. The van der Waals surface area contributed by atoms with Crippen molar-refractivity contribution in [3.63, 3.8) is 0 Å². The monoisotopic (exact) mass is 267 g/mol. The second kappa shape index (κ2) is 6.67. The van der Waals surface area contributed by atoms with Gasteiger partial charge in [0.05, 0.1) is 18.1 Å². The number of nitrogens with two attached hydrogens (primary N) is 1. The van der Waals surface area contributed by atoms with E-state index in [1.165, 1.54) is 0 Å². The van der Waals surface area contributed by atoms with Gasteiger partial charge in [-0.15, -0.1) is 0 Å². The molecular formula is C11H13N3O3S. The molecular weight excluding hydrogens is 254 g/mol. The van der Waals surface area contributed by atoms with Gasteiger partial charge in [-0.25, -0.2) is 0 Å². The first kappa shape index (κ1) is 14.1. The van der Waals surface area contributed by atoms with Crippen LogP contribution in [-0.2, 0) is 16.2 Å². The lowest BCUT2D eigenvalue weighted by atomic mass is 10.2. The summed E-state index contributed by atoms with van der Waals surface area (Å²) in [4.78, 5) is 22.8. The Morgan fingerprint density at radius 2 is 1.83 bits per heavy atom. The maximum absolute atomic E-state index is 11.4. The highest BCUT2D eigenvalue weighted by atomic mass is 32.1. The molecule has 2 amide bonds. The maximum atomic E-state index is 11.4. The van der Waals surface area contributed by atoms with Gasteiger partial charge in [0.1, 0.15) is 0 Å². The second-order valence-electron chi connectivity index (χ2n) is 3.46. The Labute approximate surface area is 109 Å². The minimum atomic E-state index is -0.811. The largest absolute Gasteiger partial charge is 0.392 e. The zero-order valence-electron chi connectivity index (χ0n) is 9.47. The molecule has 1 rings (SSSR count). The summed E-state index contributed by atoms with van der Waals surface area (Å²) in [7, 11) is 0. The molecule has 0 aliphatic heterocycles. The molecule has 0 unspecified atom stereocenters. The van der Waals surface area contributed by atoms with Crippen molar-refractivity contribution in [3.8, 4) is 0 Å². The van der Waals surface area contributed by atoms with Crippen molar-refractivity contribution in [2.24, 2.45) is 5.73 Å². The zero-order chi connectivity index (χ0) is 13.5. The Morgan fingerprint density at radius 3 is 2.33 bits per heavy atom. The smallest absolute Gasteiger partial charge is 0.313 e. The number of nitrogens with one attached hydrogen (secondary N) is 2. The van der Waals surface area contributed by atoms with Crippen molar-refractivity contribution >= 4 is 34.7 Å². The number of carbonyl (C=O) groups excluding carboxylic acids is 2. The third kappa shape index (κ3) is 4.48. The fourth-order valence-electron chi connectivity index (χ4n) is 1.13. The Hall–Kier alpha value is -1.99. The van der Waals surface area contributed by atoms with E-state index in [1.54, 1.807) is 24.3 Å². The van der Waals surface area contributed by atoms with Gasteiger partial charge in [0.2, 0.25) is 0 Å². The van der Waals surface area contributed by atoms with Crippen molar-refractivity contribution in [1.29, 1.82) is 0 Å². The Bertz CT molecular complexity index is 459. The Morgan fingerprint density at radius 1 is 1.22 bits per heavy atom. The molecule has 7 heteroatoms. The topological polar surface area (TPSA) is 104 Å². The first-order valence-corrected chi connectivity index (χ1v) is 5.51. The number of amides is 2. The molecule has 0 aliphatic carbocycles. The van der Waals surface area contributed by atoms with E-state index in [4.69, 9.17) is 10.8 Å². The van der Waals surface area contributed by atoms with Gasteiger partial charge in [0.25, 0.3) is 0 Å². The van der Waals surface area contributed by atoms with E-state index < -0.39 is 11.8 Å². The lowest BCUT2D eigenvalue weighted by Crippen LogP contribution is -2.39. The van der Waals surface area contributed by atoms with Crippen molar-refractivity contribution in [2.45, 2.75) is 6.61 Å². The summed E-state index contributed by atoms with van der Waals surface area (Å²) >= 11 is 4.57. The molecule has 0 aromatic heterocycles. The summed E-state index contributed by atoms with van der Waals surface area (Å²) < 4.78 is 0. The molecule has 1 aromatic rings. The van der Waals surface area contributed by atoms with E-state index in [0.717, 1.165) is 0 Å². The number of aliphatic hydroxyl groups is 1. The van der Waals surface area contributed by atoms with Gasteiger partial charge in [-0.05, 0) is 17.7 Å². The quantitative estimate of drug-likeness (QED) is 0.436. The number of anilines is 1. The van der Waals surface area contributed by atoms with Gasteiger partial charge < -0.3 is 21.5 Å². The molecule has 6 nitrogen and oxygen atoms in total. The lowest BCUT2D eigenvalue weighted by Gasteiger charge is -2.06. The molecule has 1 aromatic carbocycles. The Balaban J connectivity index is 2.52. The SMILES string of the molecule is NC(=S)CNC(=O)C(=O)Nc1ccc(CO)cc1. The predicted molar refractivity (Wildman–Crippen MR) is 70.8 cm³/mol. The highest BCUT2D eigenvalue weighted by molar-refractivity contribution is 7.80. The Kier molecular flexibility index (Phi) is 5.22. The lowest BCUT2D eigenvalue weighted by molar-refractivity contribution is -0.135. The van der Waals surface area contributed by atoms with Gasteiger partial charge in [-0.3, -0.25) is 9.59 Å². The first-order valence-electron chi connectivity index (χ1n) is 5.10. The standard InChI is InChI=1S/C11H13N3O3S/c12-9(18)5-13-10(16)11(17)14-8-3-1-7(6-15)2-4-8/h1-4,15H,5-6H2,(H2,12,18)(H,13,16)(H,14,17). The van der Waals surface area contributed by atoms with Gasteiger partial charge in [0.15, 0.2) is 0 Å². The normalized spacial score (nSPS) is 9.61. The molecule has 0 aliphatic rings. The zero-order valence-corrected chi connectivity index (χ0v) is 10.3. The minimum Gasteiger partial charge on any atom is -0.392 e. The van der Waals surface area contributed by atoms with Crippen LogP contribution in [0.2, 0.25) is 0 Å². The van der Waals surface area contributed by atoms with E-state index in [0.29, 0.717) is 11.3 Å². The number of carbonyl (C=O) groups is 2. The number of rotatable bonds is 4. The van der Waals surface area contributed by atoms with Crippen molar-refractivity contribution in [3.05, 3.63) is 29.8 Å². The number of thiocarbonyl (C=S) groups is 1. The van der Waals surface area contributed by atoms with Crippen LogP contribution < -0.4 is 16.4 Å². The number of hydrogen-bond donors (Lipinski definition) is 4. The van der Waals surface area contributed by atoms with Crippen LogP contribution in [0.1, 0.15) is 5.56 Å². The third-order valence-electron chi connectivity index (χ3n) is 2.02. The van der Waals surface area contributed by atoms with Gasteiger partial charge in [-0.2, -0.15) is 0 Å². The highest BCUT2D eigenvalue weighted by Gasteiger charge is 2.13. The fourth-order valence-corrected chi connectivity index (χ4v) is 1.20. The molecule has 0 saturated heterocycles. The van der Waals surface area contributed by atoms with Crippen LogP contribution in [0.5, 0.6) is 0 Å². The summed E-state index contributed by atoms with van der Waals surface area (Å²) in [6, 6.07) is 6.46. The molecule has 0 spiro atoms. The van der Waals surface area contributed by atoms with Gasteiger partial charge in [-0.1, -0.05) is 24.4 Å². The van der Waals surface area contributed by atoms with E-state index >= 15 is 0 Å². The molecule has 18 heavy (non-hydrogen) atoms. The molecule has 0 saturated carbocycles. The number of hydrogen-bond acceptors (Lipinski definition) is 4. The van der Waals surface area contributed by atoms with Crippen LogP contribution in [-0.4, -0.2) is 28.5 Å². The molecule has 0 heterocycles. The molecule has 0 fully saturated rings. The summed E-state index contributed by atoms with van der Waals surface area (Å²) in [5.41, 5.74) is 6.36. The average molecular weight is 267 g/mol. The van der Waals surface area contributed by atoms with E-state index in [9.17, 15) is 9.59 Å². The molecule has 0 atom stereocenters. The van der Waals surface area contributed by atoms with E-state index in [1.807, 2.05) is 0 Å². The summed E-state index contributed by atoms with van der Waals surface area (Å²) in [6.45, 7) is -0.103. The number of aliphatic hydroxyl groups excluding tert-OH is 1. The van der Waals surface area contributed by atoms with E-state index in [-0.39, 0.29) is 18.1 Å². The van der Waals surface area contributed by atoms with Crippen molar-refractivity contribution < 1.29 is 14.7 Å². The average Bonchev–Trinajstić information content (AvgIpc) is 2.36. The number of benzene rings is 1. The first-order chi connectivity index (χ1) is 8.52. The second-order valence-corrected chi connectivity index (χ2v) is 3.98. The minimum absolute atomic E-state index is 0.0228. The van der Waals surface area contributed by atoms with Crippen LogP contribution in [0.25, 0.3) is 0 Å². The van der Waals surface area contributed by atoms with Crippen LogP contribution in [0.4, 0.5) is 5.69 Å². The highest BCUT2D eigenvalue weighted by Crippen LogP contribution is 2.09. The van der Waals surface area contributed by atoms with Gasteiger partial charge in [0, 0.05) is 5.69 Å². The van der Waals surface area contributed by atoms with E-state index in [2.05, 4.69) is 22.9 Å². The van der Waals surface area contributed by atoms with Crippen molar-refractivity contribution in [2.75, 3.05) is 11.9 Å². The predicted octanol–water partition coefficient (Wildman–Crippen LogP) is -0.480. The van der Waals surface area contributed by atoms with Crippen LogP contribution in [0, 0.1) is 0 Å². The van der Waals surface area contributed by atoms with Gasteiger partial charge >= 0.3 is 11.8 Å². The fraction of sp³-hybridized carbons (Fsp3) is 0.182. The molecule has 0 radical (unpaired) electrons. The third-order valence-corrected chi connectivity index (χ3v) is 2.17.